The number of nitrogens with zero attached hydrogens (tertiary/aromatic N) is 1. The molecule has 1 aliphatic rings. The van der Waals surface area contributed by atoms with Crippen LogP contribution < -0.4 is 10.2 Å². The minimum Gasteiger partial charge on any atom is -0.325 e. The highest BCUT2D eigenvalue weighted by atomic mass is 32.2. The second kappa shape index (κ2) is 8.12. The molecule has 1 saturated heterocycles. The summed E-state index contributed by atoms with van der Waals surface area (Å²) in [6.07, 6.45) is 0. The van der Waals surface area contributed by atoms with Gasteiger partial charge >= 0.3 is 0 Å². The van der Waals surface area contributed by atoms with Gasteiger partial charge in [-0.25, -0.2) is 17.2 Å². The van der Waals surface area contributed by atoms with Crippen molar-refractivity contribution in [3.63, 3.8) is 0 Å². The number of carbonyl (C=O) groups is 1. The molecule has 1 fully saturated rings. The van der Waals surface area contributed by atoms with E-state index in [-0.39, 0.29) is 30.4 Å². The number of quaternary nitrogens is 1. The number of hydrogen-bond donors (Lipinski definition) is 2. The Labute approximate surface area is 156 Å². The molecule has 1 aliphatic heterocycles. The second-order valence-electron chi connectivity index (χ2n) is 6.34. The molecule has 1 amide bonds. The van der Waals surface area contributed by atoms with E-state index in [1.54, 1.807) is 6.07 Å². The average molecular weight is 396 g/mol. The molecule has 0 aromatic heterocycles. The average Bonchev–Trinajstić information content (AvgIpc) is 2.62. The molecular formula is C18H20F2N3O3S+. The smallest absolute Gasteiger partial charge is 0.279 e. The van der Waals surface area contributed by atoms with Gasteiger partial charge in [-0.05, 0) is 42.5 Å². The van der Waals surface area contributed by atoms with E-state index >= 15 is 0 Å². The van der Waals surface area contributed by atoms with E-state index in [1.807, 2.05) is 0 Å². The fraction of sp³-hybridized carbons (Fsp3) is 0.278. The van der Waals surface area contributed by atoms with Gasteiger partial charge in [-0.15, -0.1) is 0 Å². The molecule has 0 atom stereocenters. The molecule has 2 N–H and O–H groups in total. The van der Waals surface area contributed by atoms with Crippen LogP contribution >= 0.6 is 0 Å². The molecule has 0 aliphatic carbocycles. The van der Waals surface area contributed by atoms with Gasteiger partial charge in [-0.3, -0.25) is 4.79 Å². The van der Waals surface area contributed by atoms with Crippen LogP contribution in [0.1, 0.15) is 0 Å². The van der Waals surface area contributed by atoms with Gasteiger partial charge in [0.1, 0.15) is 11.6 Å². The number of hydrogen-bond acceptors (Lipinski definition) is 3. The van der Waals surface area contributed by atoms with Gasteiger partial charge in [-0.1, -0.05) is 6.07 Å². The predicted octanol–water partition coefficient (Wildman–Crippen LogP) is 0.493. The van der Waals surface area contributed by atoms with E-state index < -0.39 is 21.7 Å². The first kappa shape index (κ1) is 19.4. The lowest BCUT2D eigenvalue weighted by Crippen LogP contribution is -3.15. The molecular weight excluding hydrogens is 376 g/mol. The van der Waals surface area contributed by atoms with E-state index in [2.05, 4.69) is 5.32 Å². The van der Waals surface area contributed by atoms with Crippen LogP contribution in [-0.2, 0) is 14.8 Å². The summed E-state index contributed by atoms with van der Waals surface area (Å²) in [5.41, 5.74) is 0.386. The lowest BCUT2D eigenvalue weighted by Gasteiger charge is -2.31. The van der Waals surface area contributed by atoms with E-state index in [0.29, 0.717) is 18.8 Å². The summed E-state index contributed by atoms with van der Waals surface area (Å²) >= 11 is 0. The Morgan fingerprint density at radius 2 is 1.70 bits per heavy atom. The van der Waals surface area contributed by atoms with Gasteiger partial charge in [-0.2, -0.15) is 4.31 Å². The normalized spacial score (nSPS) is 16.2. The first-order valence-electron chi connectivity index (χ1n) is 8.49. The zero-order chi connectivity index (χ0) is 19.4. The van der Waals surface area contributed by atoms with Crippen molar-refractivity contribution in [1.82, 2.24) is 4.31 Å². The molecule has 9 heteroatoms. The van der Waals surface area contributed by atoms with Crippen molar-refractivity contribution >= 4 is 21.6 Å². The maximum atomic E-state index is 13.2. The molecule has 3 rings (SSSR count). The Morgan fingerprint density at radius 1 is 1.04 bits per heavy atom. The number of nitrogens with one attached hydrogen (secondary N) is 2. The summed E-state index contributed by atoms with van der Waals surface area (Å²) in [7, 11) is -3.67. The van der Waals surface area contributed by atoms with E-state index in [4.69, 9.17) is 0 Å². The first-order valence-corrected chi connectivity index (χ1v) is 9.93. The van der Waals surface area contributed by atoms with Crippen molar-refractivity contribution in [3.8, 4) is 0 Å². The molecule has 1 heterocycles. The molecule has 0 bridgehead atoms. The van der Waals surface area contributed by atoms with Crippen LogP contribution in [-0.4, -0.2) is 51.4 Å². The van der Waals surface area contributed by atoms with Crippen molar-refractivity contribution in [2.75, 3.05) is 38.0 Å². The number of anilines is 1. The Kier molecular flexibility index (Phi) is 5.83. The Morgan fingerprint density at radius 3 is 2.33 bits per heavy atom. The van der Waals surface area contributed by atoms with Crippen molar-refractivity contribution < 1.29 is 26.9 Å². The zero-order valence-electron chi connectivity index (χ0n) is 14.5. The topological polar surface area (TPSA) is 70.9 Å². The van der Waals surface area contributed by atoms with E-state index in [0.717, 1.165) is 17.0 Å². The number of sulfonamides is 1. The minimum absolute atomic E-state index is 0.0520. The lowest BCUT2D eigenvalue weighted by molar-refractivity contribution is -0.895. The quantitative estimate of drug-likeness (QED) is 0.773. The van der Waals surface area contributed by atoms with Gasteiger partial charge < -0.3 is 10.2 Å². The van der Waals surface area contributed by atoms with Crippen LogP contribution in [0, 0.1) is 11.6 Å². The van der Waals surface area contributed by atoms with Crippen LogP contribution in [0.2, 0.25) is 0 Å². The number of rotatable bonds is 5. The summed E-state index contributed by atoms with van der Waals surface area (Å²) in [5.74, 6) is -1.18. The molecule has 2 aromatic carbocycles. The van der Waals surface area contributed by atoms with Crippen LogP contribution in [0.25, 0.3) is 0 Å². The zero-order valence-corrected chi connectivity index (χ0v) is 15.3. The van der Waals surface area contributed by atoms with Crippen LogP contribution in [0.15, 0.2) is 53.4 Å². The molecule has 6 nitrogen and oxygen atoms in total. The highest BCUT2D eigenvalue weighted by molar-refractivity contribution is 7.89. The lowest BCUT2D eigenvalue weighted by atomic mass is 10.3. The van der Waals surface area contributed by atoms with Crippen molar-refractivity contribution in [1.29, 1.82) is 0 Å². The van der Waals surface area contributed by atoms with Gasteiger partial charge in [0.15, 0.2) is 6.54 Å². The summed E-state index contributed by atoms with van der Waals surface area (Å²) < 4.78 is 52.7. The van der Waals surface area contributed by atoms with Crippen LogP contribution in [0.5, 0.6) is 0 Å². The summed E-state index contributed by atoms with van der Waals surface area (Å²) in [5, 5.41) is 2.64. The fourth-order valence-corrected chi connectivity index (χ4v) is 4.42. The molecule has 27 heavy (non-hydrogen) atoms. The third-order valence-electron chi connectivity index (χ3n) is 4.40. The number of benzene rings is 2. The molecule has 0 spiro atoms. The standard InChI is InChI=1S/C18H19F2N3O3S/c19-14-4-6-17(7-5-14)27(25,26)23-10-8-22(9-11-23)13-18(24)21-16-3-1-2-15(20)12-16/h1-7,12H,8-11,13H2,(H,21,24)/p+1. The maximum absolute atomic E-state index is 13.2. The van der Waals surface area contributed by atoms with Gasteiger partial charge in [0.05, 0.1) is 31.1 Å². The molecule has 0 unspecified atom stereocenters. The van der Waals surface area contributed by atoms with Gasteiger partial charge in [0.2, 0.25) is 10.0 Å². The minimum atomic E-state index is -3.67. The van der Waals surface area contributed by atoms with Gasteiger partial charge in [0.25, 0.3) is 5.91 Å². The Hall–Kier alpha value is -2.36. The highest BCUT2D eigenvalue weighted by Gasteiger charge is 2.31. The van der Waals surface area contributed by atoms with Crippen LogP contribution in [0.3, 0.4) is 0 Å². The van der Waals surface area contributed by atoms with Crippen molar-refractivity contribution in [3.05, 3.63) is 60.2 Å². The largest absolute Gasteiger partial charge is 0.325 e. The third-order valence-corrected chi connectivity index (χ3v) is 6.31. The SMILES string of the molecule is O=C(C[NH+]1CCN(S(=O)(=O)c2ccc(F)cc2)CC1)Nc1cccc(F)c1. The van der Waals surface area contributed by atoms with E-state index in [9.17, 15) is 22.0 Å². The molecule has 2 aromatic rings. The number of piperazine rings is 1. The Bertz CT molecular complexity index is 912. The molecule has 0 saturated carbocycles. The third kappa shape index (κ3) is 4.88. The van der Waals surface area contributed by atoms with Gasteiger partial charge in [0, 0.05) is 5.69 Å². The van der Waals surface area contributed by atoms with E-state index in [1.165, 1.54) is 34.6 Å². The van der Waals surface area contributed by atoms with Crippen molar-refractivity contribution in [2.45, 2.75) is 4.90 Å². The molecule has 144 valence electrons. The number of halogens is 2. The second-order valence-corrected chi connectivity index (χ2v) is 8.28. The maximum Gasteiger partial charge on any atom is 0.279 e. The monoisotopic (exact) mass is 396 g/mol. The first-order chi connectivity index (χ1) is 12.8. The number of carbonyl (C=O) groups excluding carboxylic acids is 1. The number of amides is 1. The molecule has 0 radical (unpaired) electrons. The Balaban J connectivity index is 1.54. The van der Waals surface area contributed by atoms with Crippen LogP contribution in [0.4, 0.5) is 14.5 Å². The summed E-state index contributed by atoms with van der Waals surface area (Å²) in [6, 6.07) is 10.4. The fourth-order valence-electron chi connectivity index (χ4n) is 2.97. The highest BCUT2D eigenvalue weighted by Crippen LogP contribution is 2.16. The summed E-state index contributed by atoms with van der Waals surface area (Å²) in [6.45, 7) is 1.64. The predicted molar refractivity (Wildman–Crippen MR) is 95.8 cm³/mol. The summed E-state index contributed by atoms with van der Waals surface area (Å²) in [4.78, 5) is 13.1. The van der Waals surface area contributed by atoms with Crippen molar-refractivity contribution in [2.24, 2.45) is 0 Å².